The molecule has 1 rings (SSSR count). The van der Waals surface area contributed by atoms with Crippen LogP contribution in [0.15, 0.2) is 35.6 Å². The van der Waals surface area contributed by atoms with Crippen LogP contribution >= 0.6 is 0 Å². The van der Waals surface area contributed by atoms with Gasteiger partial charge in [-0.25, -0.2) is 0 Å². The van der Waals surface area contributed by atoms with Gasteiger partial charge in [-0.1, -0.05) is 17.7 Å². The topological polar surface area (TPSA) is 9.23 Å². The first-order chi connectivity index (χ1) is 5.97. The van der Waals surface area contributed by atoms with Gasteiger partial charge in [-0.05, 0) is 25.5 Å². The lowest BCUT2D eigenvalue weighted by Crippen LogP contribution is -2.11. The van der Waals surface area contributed by atoms with Gasteiger partial charge in [0.05, 0.1) is 0 Å². The molecular formula is C9H9F3O. The van der Waals surface area contributed by atoms with Crippen LogP contribution < -0.4 is 0 Å². The molecule has 0 saturated carbocycles. The second-order valence-electron chi connectivity index (χ2n) is 2.74. The average molecular weight is 190 g/mol. The molecule has 0 heterocycles. The number of allylic oxidation sites excluding steroid dienone is 5. The Morgan fingerprint density at radius 2 is 2.00 bits per heavy atom. The van der Waals surface area contributed by atoms with Crippen molar-refractivity contribution >= 4 is 0 Å². The Morgan fingerprint density at radius 3 is 2.62 bits per heavy atom. The highest BCUT2D eigenvalue weighted by Gasteiger charge is 2.31. The Balaban J connectivity index is 2.70. The Bertz CT molecular complexity index is 271. The highest BCUT2D eigenvalue weighted by atomic mass is 19.4. The number of hydrogen-bond acceptors (Lipinski definition) is 1. The minimum atomic E-state index is -4.61. The standard InChI is InChI=1S/C9H9F3O/c1-7-3-2-4-8(6-5-7)13-9(10,11)12/h2,4-6H,3H2,1H3. The molecule has 0 N–H and O–H groups in total. The van der Waals surface area contributed by atoms with Crippen molar-refractivity contribution in [2.24, 2.45) is 0 Å². The summed E-state index contributed by atoms with van der Waals surface area (Å²) >= 11 is 0. The maximum Gasteiger partial charge on any atom is 0.573 e. The summed E-state index contributed by atoms with van der Waals surface area (Å²) in [5.41, 5.74) is 0.997. The number of rotatable bonds is 1. The fourth-order valence-electron chi connectivity index (χ4n) is 0.911. The van der Waals surface area contributed by atoms with Gasteiger partial charge in [0.1, 0.15) is 5.76 Å². The van der Waals surface area contributed by atoms with Crippen LogP contribution in [0.3, 0.4) is 0 Å². The van der Waals surface area contributed by atoms with Crippen molar-refractivity contribution in [1.82, 2.24) is 0 Å². The van der Waals surface area contributed by atoms with Crippen molar-refractivity contribution in [2.45, 2.75) is 19.7 Å². The molecule has 13 heavy (non-hydrogen) atoms. The van der Waals surface area contributed by atoms with Crippen molar-refractivity contribution in [1.29, 1.82) is 0 Å². The molecule has 1 nitrogen and oxygen atoms in total. The first-order valence-electron chi connectivity index (χ1n) is 3.77. The Hall–Kier alpha value is -1.19. The van der Waals surface area contributed by atoms with E-state index in [1.807, 2.05) is 6.92 Å². The second kappa shape index (κ2) is 3.68. The first kappa shape index (κ1) is 9.89. The number of hydrogen-bond donors (Lipinski definition) is 0. The van der Waals surface area contributed by atoms with Crippen LogP contribution in [0.1, 0.15) is 13.3 Å². The minimum Gasteiger partial charge on any atom is -0.406 e. The van der Waals surface area contributed by atoms with Crippen LogP contribution in [0.5, 0.6) is 0 Å². The highest BCUT2D eigenvalue weighted by molar-refractivity contribution is 5.26. The summed E-state index contributed by atoms with van der Waals surface area (Å²) in [7, 11) is 0. The average Bonchev–Trinajstić information content (AvgIpc) is 2.12. The van der Waals surface area contributed by atoms with Gasteiger partial charge in [-0.3, -0.25) is 0 Å². The highest BCUT2D eigenvalue weighted by Crippen LogP contribution is 2.22. The monoisotopic (exact) mass is 190 g/mol. The summed E-state index contributed by atoms with van der Waals surface area (Å²) in [4.78, 5) is 0. The van der Waals surface area contributed by atoms with Crippen molar-refractivity contribution in [3.05, 3.63) is 35.6 Å². The molecule has 1 aliphatic rings. The summed E-state index contributed by atoms with van der Waals surface area (Å²) in [5.74, 6) is -0.177. The number of halogens is 3. The minimum absolute atomic E-state index is 0.177. The van der Waals surface area contributed by atoms with Crippen LogP contribution in [0.4, 0.5) is 13.2 Å². The molecular weight excluding hydrogens is 181 g/mol. The predicted octanol–water partition coefficient (Wildman–Crippen LogP) is 3.31. The third-order valence-corrected chi connectivity index (χ3v) is 1.49. The van der Waals surface area contributed by atoms with Gasteiger partial charge >= 0.3 is 6.36 Å². The molecule has 0 spiro atoms. The lowest BCUT2D eigenvalue weighted by atomic mass is 10.2. The quantitative estimate of drug-likeness (QED) is 0.616. The molecule has 0 aromatic rings. The SMILES string of the molecule is CC1=CC=C(OC(F)(F)F)C=CC1. The summed E-state index contributed by atoms with van der Waals surface area (Å²) in [6, 6.07) is 0. The van der Waals surface area contributed by atoms with Gasteiger partial charge in [0.25, 0.3) is 0 Å². The van der Waals surface area contributed by atoms with E-state index in [4.69, 9.17) is 0 Å². The van der Waals surface area contributed by atoms with Gasteiger partial charge in [-0.15, -0.1) is 13.2 Å². The first-order valence-corrected chi connectivity index (χ1v) is 3.77. The molecule has 1 aliphatic carbocycles. The Morgan fingerprint density at radius 1 is 1.31 bits per heavy atom. The predicted molar refractivity (Wildman–Crippen MR) is 42.7 cm³/mol. The van der Waals surface area contributed by atoms with Crippen molar-refractivity contribution in [2.75, 3.05) is 0 Å². The van der Waals surface area contributed by atoms with Gasteiger partial charge in [-0.2, -0.15) is 0 Å². The Labute approximate surface area is 74.2 Å². The molecule has 0 bridgehead atoms. The third kappa shape index (κ3) is 3.83. The smallest absolute Gasteiger partial charge is 0.406 e. The van der Waals surface area contributed by atoms with E-state index in [1.54, 1.807) is 12.2 Å². The molecule has 0 aromatic carbocycles. The van der Waals surface area contributed by atoms with Crippen molar-refractivity contribution in [3.8, 4) is 0 Å². The van der Waals surface area contributed by atoms with E-state index < -0.39 is 6.36 Å². The summed E-state index contributed by atoms with van der Waals surface area (Å²) in [6.07, 6.45) is 1.92. The van der Waals surface area contributed by atoms with Crippen LogP contribution in [0.25, 0.3) is 0 Å². The number of ether oxygens (including phenoxy) is 1. The molecule has 0 fully saturated rings. The Kier molecular flexibility index (Phi) is 2.80. The van der Waals surface area contributed by atoms with Crippen LogP contribution in [-0.4, -0.2) is 6.36 Å². The van der Waals surface area contributed by atoms with E-state index in [2.05, 4.69) is 4.74 Å². The zero-order chi connectivity index (χ0) is 9.90. The van der Waals surface area contributed by atoms with Gasteiger partial charge < -0.3 is 4.74 Å². The van der Waals surface area contributed by atoms with E-state index >= 15 is 0 Å². The van der Waals surface area contributed by atoms with Gasteiger partial charge in [0.15, 0.2) is 0 Å². The molecule has 0 unspecified atom stereocenters. The zero-order valence-electron chi connectivity index (χ0n) is 7.06. The van der Waals surface area contributed by atoms with Crippen LogP contribution in [0, 0.1) is 0 Å². The molecule has 0 aliphatic heterocycles. The zero-order valence-corrected chi connectivity index (χ0v) is 7.06. The molecule has 0 saturated heterocycles. The molecule has 0 aromatic heterocycles. The van der Waals surface area contributed by atoms with E-state index in [9.17, 15) is 13.2 Å². The lowest BCUT2D eigenvalue weighted by molar-refractivity contribution is -0.303. The van der Waals surface area contributed by atoms with Crippen LogP contribution in [0.2, 0.25) is 0 Å². The van der Waals surface area contributed by atoms with Gasteiger partial charge in [0.2, 0.25) is 0 Å². The summed E-state index contributed by atoms with van der Waals surface area (Å²) in [5, 5.41) is 0. The fraction of sp³-hybridized carbons (Fsp3) is 0.333. The largest absolute Gasteiger partial charge is 0.573 e. The molecule has 0 amide bonds. The molecule has 0 radical (unpaired) electrons. The van der Waals surface area contributed by atoms with E-state index in [-0.39, 0.29) is 5.76 Å². The van der Waals surface area contributed by atoms with Crippen molar-refractivity contribution < 1.29 is 17.9 Å². The maximum atomic E-state index is 11.8. The second-order valence-corrected chi connectivity index (χ2v) is 2.74. The van der Waals surface area contributed by atoms with Gasteiger partial charge in [0, 0.05) is 0 Å². The lowest BCUT2D eigenvalue weighted by Gasteiger charge is -2.08. The van der Waals surface area contributed by atoms with E-state index in [0.717, 1.165) is 5.57 Å². The molecule has 4 heteroatoms. The normalized spacial score (nSPS) is 17.5. The van der Waals surface area contributed by atoms with E-state index in [0.29, 0.717) is 6.42 Å². The maximum absolute atomic E-state index is 11.8. The molecule has 0 atom stereocenters. The fourth-order valence-corrected chi connectivity index (χ4v) is 0.911. The number of alkyl halides is 3. The van der Waals surface area contributed by atoms with Crippen molar-refractivity contribution in [3.63, 3.8) is 0 Å². The van der Waals surface area contributed by atoms with E-state index in [1.165, 1.54) is 12.2 Å². The molecule has 72 valence electrons. The summed E-state index contributed by atoms with van der Waals surface area (Å²) in [6.45, 7) is 1.84. The van der Waals surface area contributed by atoms with Crippen LogP contribution in [-0.2, 0) is 4.74 Å². The summed E-state index contributed by atoms with van der Waals surface area (Å²) < 4.78 is 39.0. The third-order valence-electron chi connectivity index (χ3n) is 1.49.